The van der Waals surface area contributed by atoms with Crippen molar-refractivity contribution in [3.8, 4) is 0 Å². The predicted molar refractivity (Wildman–Crippen MR) is 113 cm³/mol. The number of amides is 2. The Labute approximate surface area is 176 Å². The number of carbonyl (C=O) groups is 1. The molecule has 30 heavy (non-hydrogen) atoms. The molecule has 2 fully saturated rings. The summed E-state index contributed by atoms with van der Waals surface area (Å²) in [5.74, 6) is 0.988. The minimum Gasteiger partial charge on any atom is -0.452 e. The number of anilines is 1. The lowest BCUT2D eigenvalue weighted by Crippen LogP contribution is -2.34. The van der Waals surface area contributed by atoms with Crippen LogP contribution in [0.4, 0.5) is 10.5 Å². The van der Waals surface area contributed by atoms with E-state index in [4.69, 9.17) is 9.20 Å². The van der Waals surface area contributed by atoms with Crippen LogP contribution in [0.3, 0.4) is 0 Å². The van der Waals surface area contributed by atoms with Crippen LogP contribution in [0.5, 0.6) is 0 Å². The van der Waals surface area contributed by atoms with Gasteiger partial charge in [-0.15, -0.1) is 0 Å². The fourth-order valence-corrected chi connectivity index (χ4v) is 5.39. The number of hydrogen-bond acceptors (Lipinski definition) is 5. The molecule has 3 aliphatic carbocycles. The molecular weight excluding hydrogens is 402 g/mol. The molecule has 1 heterocycles. The Morgan fingerprint density at radius 3 is 2.80 bits per heavy atom. The lowest BCUT2D eigenvalue weighted by molar-refractivity contribution is 0.150. The molecule has 5 rings (SSSR count). The highest BCUT2D eigenvalue weighted by Crippen LogP contribution is 2.47. The topological polar surface area (TPSA) is 115 Å². The second kappa shape index (κ2) is 6.85. The fourth-order valence-electron chi connectivity index (χ4n) is 4.50. The number of nitrogens with one attached hydrogen (secondary N) is 3. The third-order valence-corrected chi connectivity index (χ3v) is 7.98. The monoisotopic (exact) mass is 429 g/mol. The lowest BCUT2D eigenvalue weighted by atomic mass is 9.91. The minimum atomic E-state index is -3.68. The van der Waals surface area contributed by atoms with Crippen molar-refractivity contribution in [2.24, 2.45) is 5.92 Å². The van der Waals surface area contributed by atoms with Crippen molar-refractivity contribution in [2.45, 2.75) is 68.5 Å². The third-order valence-electron chi connectivity index (χ3n) is 6.73. The number of carbonyl (C=O) groups excluding carboxylic acids is 1. The van der Waals surface area contributed by atoms with Gasteiger partial charge in [-0.05, 0) is 73.5 Å². The van der Waals surface area contributed by atoms with Gasteiger partial charge in [-0.1, -0.05) is 19.1 Å². The minimum absolute atomic E-state index is 0.155. The van der Waals surface area contributed by atoms with E-state index in [-0.39, 0.29) is 5.09 Å². The average molecular weight is 430 g/mol. The van der Waals surface area contributed by atoms with Gasteiger partial charge >= 0.3 is 6.03 Å². The molecule has 4 N–H and O–H groups in total. The van der Waals surface area contributed by atoms with E-state index in [1.807, 2.05) is 0 Å². The van der Waals surface area contributed by atoms with E-state index in [9.17, 15) is 14.1 Å². The molecular formula is C22H27N3O4S. The lowest BCUT2D eigenvalue weighted by Gasteiger charge is -2.20. The van der Waals surface area contributed by atoms with E-state index in [1.54, 1.807) is 0 Å². The maximum absolute atomic E-state index is 12.8. The molecule has 8 heteroatoms. The number of fused-ring (bicyclic) bond motifs is 1. The van der Waals surface area contributed by atoms with Gasteiger partial charge in [-0.3, -0.25) is 0 Å². The maximum atomic E-state index is 12.8. The SMILES string of the molecule is C[C@H](c1ccc2c(c1NC(=O)NS(=N)(=O)c1cc(C3(O)CC3)co1)CCC2)C1CC1. The Morgan fingerprint density at radius 2 is 2.10 bits per heavy atom. The third kappa shape index (κ3) is 3.52. The molecule has 2 atom stereocenters. The van der Waals surface area contributed by atoms with Crippen LogP contribution in [-0.4, -0.2) is 15.3 Å². The molecule has 2 amide bonds. The van der Waals surface area contributed by atoms with E-state index in [0.29, 0.717) is 30.2 Å². The summed E-state index contributed by atoms with van der Waals surface area (Å²) in [7, 11) is -3.68. The van der Waals surface area contributed by atoms with Gasteiger partial charge in [0.1, 0.15) is 0 Å². The molecule has 2 aromatic rings. The van der Waals surface area contributed by atoms with Crippen molar-refractivity contribution in [3.63, 3.8) is 0 Å². The standard InChI is InChI=1S/C22H27N3O4S/c1-13(14-5-6-14)17-8-7-15-3-2-4-18(15)20(17)24-21(26)25-30(23,28)19-11-16(12-29-19)22(27)9-10-22/h7-8,11-14,27H,2-6,9-10H2,1H3,(H3,23,24,25,26,28)/t13-,30?/m0/s1. The van der Waals surface area contributed by atoms with Crippen molar-refractivity contribution < 1.29 is 18.5 Å². The molecule has 2 saturated carbocycles. The highest BCUT2D eigenvalue weighted by molar-refractivity contribution is 7.91. The van der Waals surface area contributed by atoms with Crippen LogP contribution in [0.15, 0.2) is 34.0 Å². The average Bonchev–Trinajstić information content (AvgIpc) is 3.56. The number of aliphatic hydroxyl groups is 1. The smallest absolute Gasteiger partial charge is 0.332 e. The zero-order chi connectivity index (χ0) is 21.1. The summed E-state index contributed by atoms with van der Waals surface area (Å²) in [6.45, 7) is 2.19. The van der Waals surface area contributed by atoms with Crippen LogP contribution in [0.2, 0.25) is 0 Å². The van der Waals surface area contributed by atoms with Crippen LogP contribution < -0.4 is 10.0 Å². The van der Waals surface area contributed by atoms with Gasteiger partial charge in [0, 0.05) is 17.3 Å². The Hall–Kier alpha value is -2.32. The molecule has 0 radical (unpaired) electrons. The Balaban J connectivity index is 1.37. The number of benzene rings is 1. The highest BCUT2D eigenvalue weighted by atomic mass is 32.2. The van der Waals surface area contributed by atoms with E-state index in [0.717, 1.165) is 36.1 Å². The van der Waals surface area contributed by atoms with E-state index < -0.39 is 21.5 Å². The molecule has 1 aromatic heterocycles. The van der Waals surface area contributed by atoms with Gasteiger partial charge in [0.15, 0.2) is 9.92 Å². The molecule has 7 nitrogen and oxygen atoms in total. The van der Waals surface area contributed by atoms with Crippen molar-refractivity contribution in [3.05, 3.63) is 46.7 Å². The fraction of sp³-hybridized carbons (Fsp3) is 0.500. The van der Waals surface area contributed by atoms with Crippen LogP contribution in [0.25, 0.3) is 0 Å². The Bertz CT molecular complexity index is 1110. The summed E-state index contributed by atoms with van der Waals surface area (Å²) < 4.78 is 28.5. The Morgan fingerprint density at radius 1 is 1.33 bits per heavy atom. The number of urea groups is 1. The second-order valence-electron chi connectivity index (χ2n) is 8.95. The van der Waals surface area contributed by atoms with Crippen molar-refractivity contribution >= 4 is 21.6 Å². The van der Waals surface area contributed by atoms with E-state index >= 15 is 0 Å². The molecule has 0 bridgehead atoms. The van der Waals surface area contributed by atoms with Crippen molar-refractivity contribution in [1.29, 1.82) is 4.78 Å². The molecule has 160 valence electrons. The summed E-state index contributed by atoms with van der Waals surface area (Å²) in [4.78, 5) is 12.8. The first-order valence-corrected chi connectivity index (χ1v) is 12.2. The predicted octanol–water partition coefficient (Wildman–Crippen LogP) is 4.41. The van der Waals surface area contributed by atoms with Crippen LogP contribution in [0.1, 0.15) is 67.2 Å². The van der Waals surface area contributed by atoms with Crippen molar-refractivity contribution in [2.75, 3.05) is 5.32 Å². The first-order chi connectivity index (χ1) is 14.3. The van der Waals surface area contributed by atoms with Crippen molar-refractivity contribution in [1.82, 2.24) is 4.72 Å². The largest absolute Gasteiger partial charge is 0.452 e. The molecule has 0 aliphatic heterocycles. The summed E-state index contributed by atoms with van der Waals surface area (Å²) in [5, 5.41) is 12.9. The quantitative estimate of drug-likeness (QED) is 0.544. The summed E-state index contributed by atoms with van der Waals surface area (Å²) in [5.41, 5.74) is 3.88. The van der Waals surface area contributed by atoms with Crippen LogP contribution in [0, 0.1) is 10.7 Å². The van der Waals surface area contributed by atoms with Gasteiger partial charge in [-0.2, -0.15) is 0 Å². The van der Waals surface area contributed by atoms with Gasteiger partial charge in [0.25, 0.3) is 0 Å². The molecule has 0 saturated heterocycles. The normalized spacial score (nSPS) is 22.1. The maximum Gasteiger partial charge on any atom is 0.332 e. The van der Waals surface area contributed by atoms with Gasteiger partial charge in [0.05, 0.1) is 11.9 Å². The Kier molecular flexibility index (Phi) is 4.48. The first kappa shape index (κ1) is 19.6. The second-order valence-corrected chi connectivity index (χ2v) is 10.7. The number of rotatable bonds is 6. The molecule has 3 aliphatic rings. The summed E-state index contributed by atoms with van der Waals surface area (Å²) >= 11 is 0. The molecule has 1 unspecified atom stereocenters. The number of aryl methyl sites for hydroxylation is 1. The van der Waals surface area contributed by atoms with Crippen LogP contribution in [-0.2, 0) is 28.4 Å². The molecule has 1 aromatic carbocycles. The van der Waals surface area contributed by atoms with E-state index in [1.165, 1.54) is 30.7 Å². The highest BCUT2D eigenvalue weighted by Gasteiger charge is 2.44. The first-order valence-electron chi connectivity index (χ1n) is 10.6. The molecule has 0 spiro atoms. The number of furan rings is 1. The van der Waals surface area contributed by atoms with Gasteiger partial charge in [0.2, 0.25) is 5.09 Å². The van der Waals surface area contributed by atoms with Gasteiger partial charge < -0.3 is 14.8 Å². The zero-order valence-electron chi connectivity index (χ0n) is 17.0. The zero-order valence-corrected chi connectivity index (χ0v) is 17.8. The van der Waals surface area contributed by atoms with E-state index in [2.05, 4.69) is 29.1 Å². The summed E-state index contributed by atoms with van der Waals surface area (Å²) in [6.07, 6.45) is 7.91. The number of hydrogen-bond donors (Lipinski definition) is 4. The summed E-state index contributed by atoms with van der Waals surface area (Å²) in [6, 6.07) is 5.00. The van der Waals surface area contributed by atoms with Gasteiger partial charge in [-0.25, -0.2) is 18.5 Å². The van der Waals surface area contributed by atoms with Crippen LogP contribution >= 0.6 is 0 Å².